The maximum absolute atomic E-state index is 12.1. The Morgan fingerprint density at radius 2 is 2.00 bits per heavy atom. The summed E-state index contributed by atoms with van der Waals surface area (Å²) in [5.41, 5.74) is 0.864. The molecule has 0 fully saturated rings. The maximum Gasteiger partial charge on any atom is 0.573 e. The van der Waals surface area contributed by atoms with Crippen molar-refractivity contribution in [3.8, 4) is 5.75 Å². The van der Waals surface area contributed by atoms with Gasteiger partial charge in [-0.05, 0) is 49.9 Å². The van der Waals surface area contributed by atoms with E-state index in [0.717, 1.165) is 37.8 Å². The summed E-state index contributed by atoms with van der Waals surface area (Å²) < 4.78 is 40.4. The quantitative estimate of drug-likeness (QED) is 0.770. The SMILES string of the molecule is CCCNC(CC)CCc1cccc(OC(F)(F)F)c1. The standard InChI is InChI=1S/C15H22F3NO/c1-3-10-19-13(4-2)9-8-12-6-5-7-14(11-12)20-15(16,17)18/h5-7,11,13,19H,3-4,8-10H2,1-2H3. The summed E-state index contributed by atoms with van der Waals surface area (Å²) in [6, 6.07) is 6.61. The molecule has 0 aliphatic heterocycles. The second kappa shape index (κ2) is 8.15. The van der Waals surface area contributed by atoms with Gasteiger partial charge in [0.2, 0.25) is 0 Å². The molecule has 0 saturated heterocycles. The van der Waals surface area contributed by atoms with Gasteiger partial charge in [-0.2, -0.15) is 0 Å². The predicted molar refractivity (Wildman–Crippen MR) is 73.8 cm³/mol. The van der Waals surface area contributed by atoms with E-state index in [-0.39, 0.29) is 5.75 Å². The summed E-state index contributed by atoms with van der Waals surface area (Å²) in [7, 11) is 0. The van der Waals surface area contributed by atoms with Crippen molar-refractivity contribution in [1.82, 2.24) is 5.32 Å². The molecule has 0 heterocycles. The number of benzene rings is 1. The fourth-order valence-electron chi connectivity index (χ4n) is 2.04. The van der Waals surface area contributed by atoms with Gasteiger partial charge < -0.3 is 10.1 Å². The molecule has 1 rings (SSSR count). The third-order valence-corrected chi connectivity index (χ3v) is 3.09. The second-order valence-corrected chi connectivity index (χ2v) is 4.79. The third-order valence-electron chi connectivity index (χ3n) is 3.09. The molecule has 0 aliphatic rings. The summed E-state index contributed by atoms with van der Waals surface area (Å²) >= 11 is 0. The van der Waals surface area contributed by atoms with Crippen LogP contribution in [-0.2, 0) is 6.42 Å². The first-order valence-corrected chi connectivity index (χ1v) is 7.02. The summed E-state index contributed by atoms with van der Waals surface area (Å²) in [6.45, 7) is 5.18. The van der Waals surface area contributed by atoms with Gasteiger partial charge in [-0.1, -0.05) is 26.0 Å². The fraction of sp³-hybridized carbons (Fsp3) is 0.600. The van der Waals surface area contributed by atoms with Gasteiger partial charge in [-0.3, -0.25) is 0 Å². The molecule has 114 valence electrons. The minimum Gasteiger partial charge on any atom is -0.406 e. The van der Waals surface area contributed by atoms with E-state index in [2.05, 4.69) is 23.9 Å². The number of aryl methyl sites for hydroxylation is 1. The Morgan fingerprint density at radius 1 is 1.25 bits per heavy atom. The van der Waals surface area contributed by atoms with Crippen LogP contribution >= 0.6 is 0 Å². The molecule has 0 amide bonds. The first kappa shape index (κ1) is 16.8. The zero-order valence-electron chi connectivity index (χ0n) is 12.0. The molecule has 0 spiro atoms. The van der Waals surface area contributed by atoms with E-state index in [0.29, 0.717) is 6.04 Å². The zero-order valence-corrected chi connectivity index (χ0v) is 12.0. The highest BCUT2D eigenvalue weighted by atomic mass is 19.4. The van der Waals surface area contributed by atoms with E-state index in [4.69, 9.17) is 0 Å². The lowest BCUT2D eigenvalue weighted by atomic mass is 10.0. The number of alkyl halides is 3. The maximum atomic E-state index is 12.1. The average Bonchev–Trinajstić information content (AvgIpc) is 2.37. The lowest BCUT2D eigenvalue weighted by Crippen LogP contribution is -2.29. The molecule has 0 aliphatic carbocycles. The van der Waals surface area contributed by atoms with Crippen molar-refractivity contribution >= 4 is 0 Å². The largest absolute Gasteiger partial charge is 0.573 e. The van der Waals surface area contributed by atoms with Crippen molar-refractivity contribution in [2.75, 3.05) is 6.54 Å². The van der Waals surface area contributed by atoms with Crippen molar-refractivity contribution in [2.45, 2.75) is 51.9 Å². The van der Waals surface area contributed by atoms with Crippen molar-refractivity contribution < 1.29 is 17.9 Å². The average molecular weight is 289 g/mol. The fourth-order valence-corrected chi connectivity index (χ4v) is 2.04. The monoisotopic (exact) mass is 289 g/mol. The van der Waals surface area contributed by atoms with Gasteiger partial charge >= 0.3 is 6.36 Å². The van der Waals surface area contributed by atoms with E-state index in [1.807, 2.05) is 6.07 Å². The number of rotatable bonds is 8. The zero-order chi connectivity index (χ0) is 15.0. The van der Waals surface area contributed by atoms with Crippen LogP contribution in [0.15, 0.2) is 24.3 Å². The normalized spacial score (nSPS) is 13.2. The molecule has 20 heavy (non-hydrogen) atoms. The van der Waals surface area contributed by atoms with Crippen LogP contribution in [0.25, 0.3) is 0 Å². The molecule has 1 atom stereocenters. The van der Waals surface area contributed by atoms with Gasteiger partial charge in [-0.25, -0.2) is 0 Å². The van der Waals surface area contributed by atoms with Gasteiger partial charge in [0.05, 0.1) is 0 Å². The molecule has 0 aromatic heterocycles. The van der Waals surface area contributed by atoms with Crippen molar-refractivity contribution in [3.05, 3.63) is 29.8 Å². The number of ether oxygens (including phenoxy) is 1. The van der Waals surface area contributed by atoms with Crippen molar-refractivity contribution in [2.24, 2.45) is 0 Å². The van der Waals surface area contributed by atoms with Crippen molar-refractivity contribution in [3.63, 3.8) is 0 Å². The Bertz CT molecular complexity index is 393. The molecule has 1 unspecified atom stereocenters. The molecular formula is C15H22F3NO. The van der Waals surface area contributed by atoms with Crippen LogP contribution in [0.5, 0.6) is 5.75 Å². The van der Waals surface area contributed by atoms with Gasteiger partial charge in [-0.15, -0.1) is 13.2 Å². The number of nitrogens with one attached hydrogen (secondary N) is 1. The minimum absolute atomic E-state index is 0.149. The molecule has 0 radical (unpaired) electrons. The molecule has 1 aromatic rings. The van der Waals surface area contributed by atoms with Gasteiger partial charge in [0, 0.05) is 6.04 Å². The Kier molecular flexibility index (Phi) is 6.85. The highest BCUT2D eigenvalue weighted by Gasteiger charge is 2.31. The number of hydrogen-bond acceptors (Lipinski definition) is 2. The van der Waals surface area contributed by atoms with Crippen LogP contribution in [0.4, 0.5) is 13.2 Å². The highest BCUT2D eigenvalue weighted by Crippen LogP contribution is 2.23. The van der Waals surface area contributed by atoms with Gasteiger partial charge in [0.1, 0.15) is 5.75 Å². The predicted octanol–water partition coefficient (Wildman–Crippen LogP) is 4.30. The molecule has 1 N–H and O–H groups in total. The Balaban J connectivity index is 2.53. The first-order valence-electron chi connectivity index (χ1n) is 7.02. The van der Waals surface area contributed by atoms with E-state index in [1.165, 1.54) is 12.1 Å². The summed E-state index contributed by atoms with van der Waals surface area (Å²) in [6.07, 6.45) is -0.895. The van der Waals surface area contributed by atoms with Crippen molar-refractivity contribution in [1.29, 1.82) is 0 Å². The lowest BCUT2D eigenvalue weighted by molar-refractivity contribution is -0.274. The van der Waals surface area contributed by atoms with Crippen LogP contribution in [0.3, 0.4) is 0 Å². The summed E-state index contributed by atoms with van der Waals surface area (Å²) in [5, 5.41) is 3.43. The van der Waals surface area contributed by atoms with Crippen LogP contribution < -0.4 is 10.1 Å². The molecule has 2 nitrogen and oxygen atoms in total. The van der Waals surface area contributed by atoms with Gasteiger partial charge in [0.15, 0.2) is 0 Å². The second-order valence-electron chi connectivity index (χ2n) is 4.79. The number of hydrogen-bond donors (Lipinski definition) is 1. The summed E-state index contributed by atoms with van der Waals surface area (Å²) in [4.78, 5) is 0. The Labute approximate surface area is 118 Å². The lowest BCUT2D eigenvalue weighted by Gasteiger charge is -2.16. The topological polar surface area (TPSA) is 21.3 Å². The third kappa shape index (κ3) is 6.80. The molecule has 5 heteroatoms. The molecule has 0 bridgehead atoms. The van der Waals surface area contributed by atoms with E-state index >= 15 is 0 Å². The van der Waals surface area contributed by atoms with Crippen LogP contribution in [0.2, 0.25) is 0 Å². The molecule has 1 aromatic carbocycles. The Hall–Kier alpha value is -1.23. The van der Waals surface area contributed by atoms with Crippen LogP contribution in [0.1, 0.15) is 38.7 Å². The molecule has 0 saturated carbocycles. The van der Waals surface area contributed by atoms with Crippen LogP contribution in [0, 0.1) is 0 Å². The summed E-state index contributed by atoms with van der Waals surface area (Å²) in [5.74, 6) is -0.149. The minimum atomic E-state index is -4.63. The van der Waals surface area contributed by atoms with E-state index in [9.17, 15) is 13.2 Å². The highest BCUT2D eigenvalue weighted by molar-refractivity contribution is 5.28. The molecular weight excluding hydrogens is 267 g/mol. The van der Waals surface area contributed by atoms with E-state index in [1.54, 1.807) is 6.07 Å². The first-order chi connectivity index (χ1) is 9.44. The van der Waals surface area contributed by atoms with E-state index < -0.39 is 6.36 Å². The Morgan fingerprint density at radius 3 is 2.60 bits per heavy atom. The van der Waals surface area contributed by atoms with Crippen LogP contribution in [-0.4, -0.2) is 18.9 Å². The van der Waals surface area contributed by atoms with Gasteiger partial charge in [0.25, 0.3) is 0 Å². The number of halogens is 3. The smallest absolute Gasteiger partial charge is 0.406 e.